The monoisotopic (exact) mass is 228 g/mol. The Hall–Kier alpha value is -0.120. The lowest BCUT2D eigenvalue weighted by molar-refractivity contribution is 0.0687. The van der Waals surface area contributed by atoms with Crippen LogP contribution in [0.2, 0.25) is 0 Å². The van der Waals surface area contributed by atoms with E-state index in [1.807, 2.05) is 0 Å². The van der Waals surface area contributed by atoms with Crippen molar-refractivity contribution in [1.29, 1.82) is 0 Å². The molecule has 2 atom stereocenters. The molecule has 0 saturated carbocycles. The van der Waals surface area contributed by atoms with Gasteiger partial charge in [-0.1, -0.05) is 13.8 Å². The summed E-state index contributed by atoms with van der Waals surface area (Å²) in [5, 5.41) is 0. The summed E-state index contributed by atoms with van der Waals surface area (Å²) in [7, 11) is 0. The number of hydrogen-bond acceptors (Lipinski definition) is 3. The zero-order valence-corrected chi connectivity index (χ0v) is 11.1. The maximum atomic E-state index is 5.97. The Bertz CT molecular complexity index is 183. The molecule has 1 fully saturated rings. The number of hydrogen-bond donors (Lipinski definition) is 1. The summed E-state index contributed by atoms with van der Waals surface area (Å²) in [5.41, 5.74) is 5.97. The Morgan fingerprint density at radius 3 is 2.75 bits per heavy atom. The van der Waals surface area contributed by atoms with Gasteiger partial charge in [-0.2, -0.15) is 0 Å². The van der Waals surface area contributed by atoms with Crippen LogP contribution in [-0.4, -0.2) is 43.8 Å². The third kappa shape index (κ3) is 5.28. The van der Waals surface area contributed by atoms with Gasteiger partial charge in [0, 0.05) is 25.7 Å². The highest BCUT2D eigenvalue weighted by Gasteiger charge is 2.22. The lowest BCUT2D eigenvalue weighted by Gasteiger charge is -2.34. The van der Waals surface area contributed by atoms with E-state index in [2.05, 4.69) is 25.7 Å². The van der Waals surface area contributed by atoms with Crippen molar-refractivity contribution in [2.24, 2.45) is 17.6 Å². The normalized spacial score (nSPS) is 24.9. The van der Waals surface area contributed by atoms with E-state index in [9.17, 15) is 0 Å². The highest BCUT2D eigenvalue weighted by Crippen LogP contribution is 2.18. The number of rotatable bonds is 6. The van der Waals surface area contributed by atoms with Gasteiger partial charge in [0.1, 0.15) is 0 Å². The molecule has 0 amide bonds. The minimum absolute atomic E-state index is 0.333. The first-order valence-electron chi connectivity index (χ1n) is 6.65. The molecule has 0 bridgehead atoms. The van der Waals surface area contributed by atoms with Crippen molar-refractivity contribution in [3.05, 3.63) is 0 Å². The highest BCUT2D eigenvalue weighted by atomic mass is 16.5. The molecule has 0 aromatic rings. The summed E-state index contributed by atoms with van der Waals surface area (Å²) in [6.45, 7) is 11.7. The number of piperidine rings is 1. The van der Waals surface area contributed by atoms with Crippen molar-refractivity contribution in [2.45, 2.75) is 39.7 Å². The fourth-order valence-electron chi connectivity index (χ4n) is 2.24. The molecule has 0 aliphatic carbocycles. The van der Waals surface area contributed by atoms with Crippen LogP contribution in [0.3, 0.4) is 0 Å². The van der Waals surface area contributed by atoms with Gasteiger partial charge in [-0.05, 0) is 38.1 Å². The van der Waals surface area contributed by atoms with Gasteiger partial charge < -0.3 is 15.4 Å². The first-order chi connectivity index (χ1) is 7.59. The van der Waals surface area contributed by atoms with E-state index < -0.39 is 0 Å². The van der Waals surface area contributed by atoms with Gasteiger partial charge in [-0.25, -0.2) is 0 Å². The van der Waals surface area contributed by atoms with Crippen LogP contribution in [0.5, 0.6) is 0 Å². The third-order valence-corrected chi connectivity index (χ3v) is 3.29. The third-order valence-electron chi connectivity index (χ3n) is 3.29. The molecule has 96 valence electrons. The van der Waals surface area contributed by atoms with Gasteiger partial charge in [0.05, 0.1) is 6.61 Å². The fourth-order valence-corrected chi connectivity index (χ4v) is 2.24. The summed E-state index contributed by atoms with van der Waals surface area (Å²) < 4.78 is 5.62. The second-order valence-corrected chi connectivity index (χ2v) is 5.53. The smallest absolute Gasteiger partial charge is 0.0593 e. The van der Waals surface area contributed by atoms with E-state index in [0.29, 0.717) is 17.9 Å². The Balaban J connectivity index is 2.12. The Labute approximate surface area is 100 Å². The van der Waals surface area contributed by atoms with Crippen LogP contribution in [0.25, 0.3) is 0 Å². The molecule has 2 N–H and O–H groups in total. The number of nitrogens with two attached hydrogens (primary N) is 1. The van der Waals surface area contributed by atoms with Crippen LogP contribution < -0.4 is 5.73 Å². The van der Waals surface area contributed by atoms with Crippen LogP contribution in [-0.2, 0) is 4.74 Å². The van der Waals surface area contributed by atoms with Gasteiger partial charge in [0.2, 0.25) is 0 Å². The molecule has 3 nitrogen and oxygen atoms in total. The minimum Gasteiger partial charge on any atom is -0.380 e. The number of likely N-dealkylation sites (tertiary alicyclic amines) is 1. The molecule has 1 saturated heterocycles. The first kappa shape index (κ1) is 13.9. The molecular formula is C13H28N2O. The van der Waals surface area contributed by atoms with E-state index >= 15 is 0 Å². The molecule has 0 spiro atoms. The van der Waals surface area contributed by atoms with Gasteiger partial charge in [-0.3, -0.25) is 0 Å². The van der Waals surface area contributed by atoms with Gasteiger partial charge in [-0.15, -0.1) is 0 Å². The lowest BCUT2D eigenvalue weighted by atomic mass is 9.92. The van der Waals surface area contributed by atoms with Crippen molar-refractivity contribution >= 4 is 0 Å². The molecule has 1 aliphatic heterocycles. The molecule has 2 unspecified atom stereocenters. The predicted molar refractivity (Wildman–Crippen MR) is 68.5 cm³/mol. The average molecular weight is 228 g/mol. The summed E-state index contributed by atoms with van der Waals surface area (Å²) in [6.07, 6.45) is 2.58. The fraction of sp³-hybridized carbons (Fsp3) is 1.00. The number of nitrogens with zero attached hydrogens (tertiary/aromatic N) is 1. The second-order valence-electron chi connectivity index (χ2n) is 5.53. The summed E-state index contributed by atoms with van der Waals surface area (Å²) in [6, 6.07) is 0.333. The average Bonchev–Trinajstić information content (AvgIpc) is 2.24. The molecule has 16 heavy (non-hydrogen) atoms. The maximum absolute atomic E-state index is 5.97. The maximum Gasteiger partial charge on any atom is 0.0593 e. The second kappa shape index (κ2) is 7.25. The lowest BCUT2D eigenvalue weighted by Crippen LogP contribution is -2.43. The first-order valence-corrected chi connectivity index (χ1v) is 6.65. The Kier molecular flexibility index (Phi) is 6.32. The minimum atomic E-state index is 0.333. The van der Waals surface area contributed by atoms with E-state index in [0.717, 1.165) is 26.3 Å². The van der Waals surface area contributed by atoms with Crippen molar-refractivity contribution in [1.82, 2.24) is 4.90 Å². The van der Waals surface area contributed by atoms with E-state index in [1.54, 1.807) is 0 Å². The van der Waals surface area contributed by atoms with Gasteiger partial charge in [0.15, 0.2) is 0 Å². The van der Waals surface area contributed by atoms with Crippen molar-refractivity contribution < 1.29 is 4.74 Å². The molecule has 3 heteroatoms. The van der Waals surface area contributed by atoms with E-state index in [4.69, 9.17) is 10.5 Å². The Morgan fingerprint density at radius 1 is 1.38 bits per heavy atom. The standard InChI is InChI=1S/C13H28N2O/c1-11(2)10-16-8-7-15-6-4-5-13(9-15)12(3)14/h11-13H,4-10,14H2,1-3H3. The van der Waals surface area contributed by atoms with Crippen LogP contribution in [0.15, 0.2) is 0 Å². The predicted octanol–water partition coefficient (Wildman–Crippen LogP) is 1.72. The molecule has 0 radical (unpaired) electrons. The largest absolute Gasteiger partial charge is 0.380 e. The number of ether oxygens (including phenoxy) is 1. The van der Waals surface area contributed by atoms with E-state index in [1.165, 1.54) is 19.4 Å². The van der Waals surface area contributed by atoms with E-state index in [-0.39, 0.29) is 0 Å². The van der Waals surface area contributed by atoms with Gasteiger partial charge in [0.25, 0.3) is 0 Å². The molecule has 1 heterocycles. The highest BCUT2D eigenvalue weighted by molar-refractivity contribution is 4.78. The summed E-state index contributed by atoms with van der Waals surface area (Å²) in [4.78, 5) is 2.50. The van der Waals surface area contributed by atoms with Crippen molar-refractivity contribution in [2.75, 3.05) is 32.8 Å². The van der Waals surface area contributed by atoms with Crippen LogP contribution in [0.1, 0.15) is 33.6 Å². The molecular weight excluding hydrogens is 200 g/mol. The SMILES string of the molecule is CC(C)COCCN1CCCC(C(C)N)C1. The molecule has 0 aromatic carbocycles. The molecule has 0 aromatic heterocycles. The zero-order valence-electron chi connectivity index (χ0n) is 11.1. The van der Waals surface area contributed by atoms with Crippen LogP contribution >= 0.6 is 0 Å². The molecule has 1 rings (SSSR count). The molecule has 1 aliphatic rings. The zero-order chi connectivity index (χ0) is 12.0. The van der Waals surface area contributed by atoms with Crippen LogP contribution in [0, 0.1) is 11.8 Å². The van der Waals surface area contributed by atoms with Gasteiger partial charge >= 0.3 is 0 Å². The summed E-state index contributed by atoms with van der Waals surface area (Å²) >= 11 is 0. The van der Waals surface area contributed by atoms with Crippen molar-refractivity contribution in [3.8, 4) is 0 Å². The van der Waals surface area contributed by atoms with Crippen LogP contribution in [0.4, 0.5) is 0 Å². The quantitative estimate of drug-likeness (QED) is 0.704. The Morgan fingerprint density at radius 2 is 2.12 bits per heavy atom. The van der Waals surface area contributed by atoms with Crippen molar-refractivity contribution in [3.63, 3.8) is 0 Å². The topological polar surface area (TPSA) is 38.5 Å². The summed E-state index contributed by atoms with van der Waals surface area (Å²) in [5.74, 6) is 1.32.